The number of nitrogens with one attached hydrogen (secondary N) is 1. The van der Waals surface area contributed by atoms with Gasteiger partial charge in [-0.15, -0.1) is 0 Å². The lowest BCUT2D eigenvalue weighted by atomic mass is 10.2. The number of anilines is 1. The Kier molecular flexibility index (Phi) is 4.10. The predicted molar refractivity (Wildman–Crippen MR) is 61.0 cm³/mol. The molecule has 0 spiro atoms. The van der Waals surface area contributed by atoms with E-state index in [0.29, 0.717) is 6.42 Å². The molecular weight excluding hydrogens is 244 g/mol. The third-order valence-corrected chi connectivity index (χ3v) is 2.11. The van der Waals surface area contributed by atoms with E-state index >= 15 is 0 Å². The molecule has 0 bridgehead atoms. The van der Waals surface area contributed by atoms with Crippen molar-refractivity contribution in [3.8, 4) is 0 Å². The third kappa shape index (κ3) is 3.89. The molecule has 14 heavy (non-hydrogen) atoms. The van der Waals surface area contributed by atoms with Crippen LogP contribution in [-0.4, -0.2) is 11.9 Å². The topological polar surface area (TPSA) is 55.1 Å². The number of halogens is 1. The van der Waals surface area contributed by atoms with E-state index < -0.39 is 0 Å². The van der Waals surface area contributed by atoms with Crippen molar-refractivity contribution in [2.45, 2.75) is 19.4 Å². The Labute approximate surface area is 91.8 Å². The van der Waals surface area contributed by atoms with E-state index in [1.54, 1.807) is 6.92 Å². The zero-order chi connectivity index (χ0) is 10.6. The van der Waals surface area contributed by atoms with Gasteiger partial charge in [-0.25, -0.2) is 0 Å². The van der Waals surface area contributed by atoms with Gasteiger partial charge in [0.05, 0.1) is 0 Å². The lowest BCUT2D eigenvalue weighted by Gasteiger charge is -2.07. The van der Waals surface area contributed by atoms with Crippen molar-refractivity contribution in [1.82, 2.24) is 0 Å². The van der Waals surface area contributed by atoms with Gasteiger partial charge in [0.15, 0.2) is 0 Å². The summed E-state index contributed by atoms with van der Waals surface area (Å²) in [6.45, 7) is 1.81. The molecular formula is C10H13BrN2O. The highest BCUT2D eigenvalue weighted by molar-refractivity contribution is 9.10. The second-order valence-electron chi connectivity index (χ2n) is 3.24. The molecule has 1 rings (SSSR count). The minimum absolute atomic E-state index is 0.0573. The molecule has 0 saturated heterocycles. The Morgan fingerprint density at radius 1 is 1.64 bits per heavy atom. The van der Waals surface area contributed by atoms with Crippen LogP contribution in [-0.2, 0) is 4.79 Å². The Balaban J connectivity index is 2.56. The number of carbonyl (C=O) groups is 1. The largest absolute Gasteiger partial charge is 0.327 e. The molecule has 1 atom stereocenters. The van der Waals surface area contributed by atoms with E-state index in [4.69, 9.17) is 5.73 Å². The van der Waals surface area contributed by atoms with Crippen LogP contribution in [0.5, 0.6) is 0 Å². The van der Waals surface area contributed by atoms with E-state index in [-0.39, 0.29) is 11.9 Å². The first-order chi connectivity index (χ1) is 6.58. The summed E-state index contributed by atoms with van der Waals surface area (Å²) in [4.78, 5) is 11.3. The lowest BCUT2D eigenvalue weighted by molar-refractivity contribution is -0.116. The molecule has 1 amide bonds. The van der Waals surface area contributed by atoms with Gasteiger partial charge < -0.3 is 11.1 Å². The number of nitrogens with two attached hydrogens (primary N) is 1. The Hall–Kier alpha value is -0.870. The fourth-order valence-electron chi connectivity index (χ4n) is 1.07. The van der Waals surface area contributed by atoms with E-state index in [1.165, 1.54) is 0 Å². The molecule has 0 aromatic heterocycles. The zero-order valence-corrected chi connectivity index (χ0v) is 9.54. The van der Waals surface area contributed by atoms with Crippen LogP contribution in [0.25, 0.3) is 0 Å². The molecule has 1 aromatic carbocycles. The van der Waals surface area contributed by atoms with Crippen LogP contribution in [0.15, 0.2) is 28.7 Å². The van der Waals surface area contributed by atoms with Gasteiger partial charge in [0.2, 0.25) is 5.91 Å². The number of rotatable bonds is 3. The number of benzene rings is 1. The van der Waals surface area contributed by atoms with Crippen LogP contribution in [0.3, 0.4) is 0 Å². The number of carbonyl (C=O) groups excluding carboxylic acids is 1. The van der Waals surface area contributed by atoms with Crippen molar-refractivity contribution in [3.63, 3.8) is 0 Å². The van der Waals surface area contributed by atoms with Crippen molar-refractivity contribution in [1.29, 1.82) is 0 Å². The van der Waals surface area contributed by atoms with Gasteiger partial charge in [-0.3, -0.25) is 4.79 Å². The Bertz CT molecular complexity index is 326. The van der Waals surface area contributed by atoms with Gasteiger partial charge in [-0.2, -0.15) is 0 Å². The first-order valence-electron chi connectivity index (χ1n) is 4.39. The van der Waals surface area contributed by atoms with Gasteiger partial charge in [-0.1, -0.05) is 22.0 Å². The standard InChI is InChI=1S/C10H13BrN2O/c1-7(12)5-10(14)13-9-4-2-3-8(11)6-9/h2-4,6-7H,5,12H2,1H3,(H,13,14). The quantitative estimate of drug-likeness (QED) is 0.871. The minimum Gasteiger partial charge on any atom is -0.327 e. The van der Waals surface area contributed by atoms with Gasteiger partial charge >= 0.3 is 0 Å². The maximum Gasteiger partial charge on any atom is 0.225 e. The maximum atomic E-state index is 11.3. The molecule has 0 aliphatic carbocycles. The molecule has 1 unspecified atom stereocenters. The molecule has 3 N–H and O–H groups in total. The first kappa shape index (κ1) is 11.2. The van der Waals surface area contributed by atoms with Gasteiger partial charge in [0.25, 0.3) is 0 Å². The molecule has 0 radical (unpaired) electrons. The monoisotopic (exact) mass is 256 g/mol. The highest BCUT2D eigenvalue weighted by Gasteiger charge is 2.04. The predicted octanol–water partition coefficient (Wildman–Crippen LogP) is 2.12. The average molecular weight is 257 g/mol. The van der Waals surface area contributed by atoms with Crippen LogP contribution < -0.4 is 11.1 Å². The van der Waals surface area contributed by atoms with E-state index in [0.717, 1.165) is 10.2 Å². The number of hydrogen-bond acceptors (Lipinski definition) is 2. The van der Waals surface area contributed by atoms with Crippen LogP contribution >= 0.6 is 15.9 Å². The fourth-order valence-corrected chi connectivity index (χ4v) is 1.47. The summed E-state index contributed by atoms with van der Waals surface area (Å²) in [6.07, 6.45) is 0.340. The minimum atomic E-state index is -0.109. The second-order valence-corrected chi connectivity index (χ2v) is 4.16. The maximum absolute atomic E-state index is 11.3. The molecule has 0 heterocycles. The lowest BCUT2D eigenvalue weighted by Crippen LogP contribution is -2.23. The molecule has 76 valence electrons. The first-order valence-corrected chi connectivity index (χ1v) is 5.18. The van der Waals surface area contributed by atoms with Crippen molar-refractivity contribution in [2.75, 3.05) is 5.32 Å². The van der Waals surface area contributed by atoms with Crippen LogP contribution in [0.1, 0.15) is 13.3 Å². The third-order valence-electron chi connectivity index (χ3n) is 1.62. The molecule has 1 aromatic rings. The summed E-state index contributed by atoms with van der Waals surface area (Å²) in [5.74, 6) is -0.0573. The number of hydrogen-bond donors (Lipinski definition) is 2. The molecule has 0 fully saturated rings. The summed E-state index contributed by atoms with van der Waals surface area (Å²) in [5.41, 5.74) is 6.29. The van der Waals surface area contributed by atoms with Crippen molar-refractivity contribution >= 4 is 27.5 Å². The van der Waals surface area contributed by atoms with Crippen LogP contribution in [0.4, 0.5) is 5.69 Å². The van der Waals surface area contributed by atoms with E-state index in [2.05, 4.69) is 21.2 Å². The fraction of sp³-hybridized carbons (Fsp3) is 0.300. The molecule has 3 nitrogen and oxygen atoms in total. The van der Waals surface area contributed by atoms with Gasteiger partial charge in [0, 0.05) is 22.6 Å². The molecule has 0 aliphatic rings. The Morgan fingerprint density at radius 3 is 2.93 bits per heavy atom. The molecule has 0 saturated carbocycles. The van der Waals surface area contributed by atoms with E-state index in [1.807, 2.05) is 24.3 Å². The molecule has 4 heteroatoms. The average Bonchev–Trinajstić information content (AvgIpc) is 2.01. The molecule has 0 aliphatic heterocycles. The van der Waals surface area contributed by atoms with Crippen molar-refractivity contribution in [2.24, 2.45) is 5.73 Å². The van der Waals surface area contributed by atoms with Crippen LogP contribution in [0.2, 0.25) is 0 Å². The second kappa shape index (κ2) is 5.12. The zero-order valence-electron chi connectivity index (χ0n) is 7.96. The van der Waals surface area contributed by atoms with Crippen molar-refractivity contribution < 1.29 is 4.79 Å². The Morgan fingerprint density at radius 2 is 2.36 bits per heavy atom. The van der Waals surface area contributed by atoms with Gasteiger partial charge in [0.1, 0.15) is 0 Å². The highest BCUT2D eigenvalue weighted by atomic mass is 79.9. The summed E-state index contributed by atoms with van der Waals surface area (Å²) < 4.78 is 0.941. The van der Waals surface area contributed by atoms with Crippen LogP contribution in [0, 0.1) is 0 Å². The summed E-state index contributed by atoms with van der Waals surface area (Å²) in [5, 5.41) is 2.77. The normalized spacial score (nSPS) is 12.2. The van der Waals surface area contributed by atoms with E-state index in [9.17, 15) is 4.79 Å². The summed E-state index contributed by atoms with van der Waals surface area (Å²) in [6, 6.07) is 7.34. The smallest absolute Gasteiger partial charge is 0.225 e. The summed E-state index contributed by atoms with van der Waals surface area (Å²) in [7, 11) is 0. The highest BCUT2D eigenvalue weighted by Crippen LogP contribution is 2.15. The SMILES string of the molecule is CC(N)CC(=O)Nc1cccc(Br)c1. The summed E-state index contributed by atoms with van der Waals surface area (Å²) >= 11 is 3.33. The van der Waals surface area contributed by atoms with Gasteiger partial charge in [-0.05, 0) is 25.1 Å². The van der Waals surface area contributed by atoms with Crippen molar-refractivity contribution in [3.05, 3.63) is 28.7 Å². The number of amides is 1.